The molecule has 0 spiro atoms. The van der Waals surface area contributed by atoms with Crippen LogP contribution in [0.25, 0.3) is 0 Å². The molecule has 0 aromatic heterocycles. The van der Waals surface area contributed by atoms with Gasteiger partial charge in [0.1, 0.15) is 0 Å². The second kappa shape index (κ2) is 7.45. The quantitative estimate of drug-likeness (QED) is 0.606. The molecular formula is C15H16BrNO2S2. The van der Waals surface area contributed by atoms with Crippen molar-refractivity contribution in [3.05, 3.63) is 58.6 Å². The molecule has 2 aromatic carbocycles. The highest BCUT2D eigenvalue weighted by Gasteiger charge is 2.12. The van der Waals surface area contributed by atoms with Crippen LogP contribution < -0.4 is 4.72 Å². The number of hydrogen-bond acceptors (Lipinski definition) is 3. The van der Waals surface area contributed by atoms with Crippen molar-refractivity contribution < 1.29 is 8.42 Å². The fourth-order valence-electron chi connectivity index (χ4n) is 1.68. The maximum Gasteiger partial charge on any atom is 0.240 e. The molecule has 2 rings (SSSR count). The molecule has 0 heterocycles. The normalized spacial score (nSPS) is 11.5. The first-order chi connectivity index (χ1) is 9.97. The van der Waals surface area contributed by atoms with Crippen LogP contribution in [0.3, 0.4) is 0 Å². The third-order valence-electron chi connectivity index (χ3n) is 2.81. The van der Waals surface area contributed by atoms with Crippen LogP contribution in [0.5, 0.6) is 0 Å². The third-order valence-corrected chi connectivity index (χ3v) is 5.83. The SMILES string of the molecule is Cc1ccc(SCCNS(=O)(=O)c2ccc(Br)cc2)cc1. The Kier molecular flexibility index (Phi) is 5.87. The zero-order valence-corrected chi connectivity index (χ0v) is 14.8. The molecule has 0 aliphatic carbocycles. The lowest BCUT2D eigenvalue weighted by molar-refractivity contribution is 0.584. The maximum absolute atomic E-state index is 12.1. The standard InChI is InChI=1S/C15H16BrNO2S2/c1-12-2-6-14(7-3-12)20-11-10-17-21(18,19)15-8-4-13(16)5-9-15/h2-9,17H,10-11H2,1H3. The van der Waals surface area contributed by atoms with Crippen molar-refractivity contribution in [3.63, 3.8) is 0 Å². The second-order valence-electron chi connectivity index (χ2n) is 4.51. The number of benzene rings is 2. The fraction of sp³-hybridized carbons (Fsp3) is 0.200. The van der Waals surface area contributed by atoms with E-state index in [1.165, 1.54) is 5.56 Å². The summed E-state index contributed by atoms with van der Waals surface area (Å²) in [6.07, 6.45) is 0. The molecule has 2 aromatic rings. The van der Waals surface area contributed by atoms with E-state index in [1.54, 1.807) is 36.0 Å². The number of hydrogen-bond donors (Lipinski definition) is 1. The maximum atomic E-state index is 12.1. The second-order valence-corrected chi connectivity index (χ2v) is 8.36. The van der Waals surface area contributed by atoms with Crippen molar-refractivity contribution in [1.29, 1.82) is 0 Å². The molecule has 6 heteroatoms. The monoisotopic (exact) mass is 385 g/mol. The highest BCUT2D eigenvalue weighted by atomic mass is 79.9. The molecule has 0 aliphatic heterocycles. The Morgan fingerprint density at radius 1 is 1.05 bits per heavy atom. The molecule has 0 unspecified atom stereocenters. The van der Waals surface area contributed by atoms with Crippen LogP contribution in [0, 0.1) is 6.92 Å². The summed E-state index contributed by atoms with van der Waals surface area (Å²) in [5, 5.41) is 0. The van der Waals surface area contributed by atoms with Crippen LogP contribution in [0.4, 0.5) is 0 Å². The smallest absolute Gasteiger partial charge is 0.210 e. The molecule has 0 fully saturated rings. The van der Waals surface area contributed by atoms with Gasteiger partial charge in [0.15, 0.2) is 0 Å². The van der Waals surface area contributed by atoms with Gasteiger partial charge in [0.05, 0.1) is 4.90 Å². The zero-order valence-electron chi connectivity index (χ0n) is 11.5. The van der Waals surface area contributed by atoms with E-state index in [-0.39, 0.29) is 4.90 Å². The van der Waals surface area contributed by atoms with Gasteiger partial charge in [0.2, 0.25) is 10.0 Å². The molecule has 0 aliphatic rings. The lowest BCUT2D eigenvalue weighted by atomic mass is 10.2. The average Bonchev–Trinajstić information content (AvgIpc) is 2.46. The molecule has 3 nitrogen and oxygen atoms in total. The van der Waals surface area contributed by atoms with E-state index in [2.05, 4.69) is 20.7 Å². The molecule has 0 bridgehead atoms. The number of nitrogens with one attached hydrogen (secondary N) is 1. The molecule has 0 saturated carbocycles. The molecule has 0 saturated heterocycles. The van der Waals surface area contributed by atoms with E-state index in [4.69, 9.17) is 0 Å². The summed E-state index contributed by atoms with van der Waals surface area (Å²) in [6.45, 7) is 2.44. The Balaban J connectivity index is 1.85. The predicted octanol–water partition coefficient (Wildman–Crippen LogP) is 3.83. The number of thioether (sulfide) groups is 1. The van der Waals surface area contributed by atoms with Gasteiger partial charge < -0.3 is 0 Å². The number of halogens is 1. The first-order valence-corrected chi connectivity index (χ1v) is 9.68. The lowest BCUT2D eigenvalue weighted by Crippen LogP contribution is -2.25. The third kappa shape index (κ3) is 5.14. The predicted molar refractivity (Wildman–Crippen MR) is 91.2 cm³/mol. The van der Waals surface area contributed by atoms with E-state index < -0.39 is 10.0 Å². The summed E-state index contributed by atoms with van der Waals surface area (Å²) in [4.78, 5) is 1.43. The average molecular weight is 386 g/mol. The van der Waals surface area contributed by atoms with Gasteiger partial charge >= 0.3 is 0 Å². The van der Waals surface area contributed by atoms with Crippen LogP contribution in [0.1, 0.15) is 5.56 Å². The first-order valence-electron chi connectivity index (χ1n) is 6.42. The molecular weight excluding hydrogens is 370 g/mol. The van der Waals surface area contributed by atoms with Crippen LogP contribution in [-0.4, -0.2) is 20.7 Å². The summed E-state index contributed by atoms with van der Waals surface area (Å²) in [5.74, 6) is 0.693. The summed E-state index contributed by atoms with van der Waals surface area (Å²) in [6, 6.07) is 14.8. The fourth-order valence-corrected chi connectivity index (χ4v) is 3.87. The van der Waals surface area contributed by atoms with Crippen molar-refractivity contribution >= 4 is 37.7 Å². The summed E-state index contributed by atoms with van der Waals surface area (Å²) < 4.78 is 27.6. The number of rotatable bonds is 6. The molecule has 21 heavy (non-hydrogen) atoms. The Bertz CT molecular complexity index is 683. The number of aryl methyl sites for hydroxylation is 1. The Morgan fingerprint density at radius 3 is 2.29 bits per heavy atom. The van der Waals surface area contributed by atoms with Crippen molar-refractivity contribution in [1.82, 2.24) is 4.72 Å². The molecule has 1 N–H and O–H groups in total. The van der Waals surface area contributed by atoms with Crippen molar-refractivity contribution in [2.24, 2.45) is 0 Å². The van der Waals surface area contributed by atoms with Gasteiger partial charge in [-0.1, -0.05) is 33.6 Å². The lowest BCUT2D eigenvalue weighted by Gasteiger charge is -2.07. The summed E-state index contributed by atoms with van der Waals surface area (Å²) >= 11 is 4.92. The Morgan fingerprint density at radius 2 is 1.67 bits per heavy atom. The van der Waals surface area contributed by atoms with Crippen LogP contribution in [0.2, 0.25) is 0 Å². The highest BCUT2D eigenvalue weighted by Crippen LogP contribution is 2.18. The van der Waals surface area contributed by atoms with E-state index in [9.17, 15) is 8.42 Å². The Hall–Kier alpha value is -0.820. The van der Waals surface area contributed by atoms with Gasteiger partial charge in [-0.15, -0.1) is 11.8 Å². The first kappa shape index (κ1) is 16.5. The molecule has 0 radical (unpaired) electrons. The minimum atomic E-state index is -3.42. The van der Waals surface area contributed by atoms with Crippen molar-refractivity contribution in [2.45, 2.75) is 16.7 Å². The molecule has 0 atom stereocenters. The van der Waals surface area contributed by atoms with E-state index in [1.807, 2.05) is 31.2 Å². The minimum absolute atomic E-state index is 0.283. The van der Waals surface area contributed by atoms with Gasteiger partial charge in [-0.3, -0.25) is 0 Å². The zero-order chi connectivity index (χ0) is 15.3. The largest absolute Gasteiger partial charge is 0.240 e. The van der Waals surface area contributed by atoms with Gasteiger partial charge in [-0.05, 0) is 43.3 Å². The van der Waals surface area contributed by atoms with Crippen LogP contribution >= 0.6 is 27.7 Å². The molecule has 112 valence electrons. The Labute approximate surface area is 138 Å². The van der Waals surface area contributed by atoms with Gasteiger partial charge in [0, 0.05) is 21.7 Å². The van der Waals surface area contributed by atoms with Crippen LogP contribution in [0.15, 0.2) is 62.8 Å². The highest BCUT2D eigenvalue weighted by molar-refractivity contribution is 9.10. The van der Waals surface area contributed by atoms with Gasteiger partial charge in [-0.25, -0.2) is 13.1 Å². The topological polar surface area (TPSA) is 46.2 Å². The number of sulfonamides is 1. The van der Waals surface area contributed by atoms with Crippen molar-refractivity contribution in [2.75, 3.05) is 12.3 Å². The summed E-state index contributed by atoms with van der Waals surface area (Å²) in [5.41, 5.74) is 1.22. The molecule has 0 amide bonds. The van der Waals surface area contributed by atoms with Gasteiger partial charge in [-0.2, -0.15) is 0 Å². The van der Waals surface area contributed by atoms with Gasteiger partial charge in [0.25, 0.3) is 0 Å². The van der Waals surface area contributed by atoms with E-state index in [0.717, 1.165) is 9.37 Å². The van der Waals surface area contributed by atoms with Crippen LogP contribution in [-0.2, 0) is 10.0 Å². The van der Waals surface area contributed by atoms with E-state index in [0.29, 0.717) is 12.3 Å². The summed E-state index contributed by atoms with van der Waals surface area (Å²) in [7, 11) is -3.42. The minimum Gasteiger partial charge on any atom is -0.210 e. The van der Waals surface area contributed by atoms with Crippen molar-refractivity contribution in [3.8, 4) is 0 Å². The van der Waals surface area contributed by atoms with E-state index >= 15 is 0 Å².